The summed E-state index contributed by atoms with van der Waals surface area (Å²) in [5, 5.41) is 6.96. The smallest absolute Gasteiger partial charge is 0.170 e. The van der Waals surface area contributed by atoms with Crippen molar-refractivity contribution < 1.29 is 14.2 Å². The lowest BCUT2D eigenvalue weighted by molar-refractivity contribution is 0.354. The molecule has 0 saturated heterocycles. The van der Waals surface area contributed by atoms with Crippen molar-refractivity contribution >= 4 is 23.0 Å². The van der Waals surface area contributed by atoms with E-state index in [0.717, 1.165) is 42.3 Å². The predicted molar refractivity (Wildman–Crippen MR) is 105 cm³/mol. The Kier molecular flexibility index (Phi) is 7.35. The molecule has 0 amide bonds. The maximum absolute atomic E-state index is 5.33. The van der Waals surface area contributed by atoms with Crippen molar-refractivity contribution in [1.82, 2.24) is 5.32 Å². The highest BCUT2D eigenvalue weighted by atomic mass is 32.1. The van der Waals surface area contributed by atoms with Crippen LogP contribution in [0.5, 0.6) is 17.2 Å². The van der Waals surface area contributed by atoms with Crippen LogP contribution in [-0.4, -0.2) is 33.0 Å². The molecule has 0 saturated carbocycles. The van der Waals surface area contributed by atoms with E-state index in [-0.39, 0.29) is 0 Å². The van der Waals surface area contributed by atoms with Gasteiger partial charge in [-0.2, -0.15) is 0 Å². The van der Waals surface area contributed by atoms with E-state index in [2.05, 4.69) is 10.6 Å². The molecule has 25 heavy (non-hydrogen) atoms. The molecule has 134 valence electrons. The maximum atomic E-state index is 5.33. The van der Waals surface area contributed by atoms with E-state index in [1.165, 1.54) is 5.56 Å². The van der Waals surface area contributed by atoms with Gasteiger partial charge in [-0.3, -0.25) is 0 Å². The molecule has 0 aliphatic heterocycles. The zero-order chi connectivity index (χ0) is 18.1. The van der Waals surface area contributed by atoms with E-state index < -0.39 is 0 Å². The number of nitrogens with one attached hydrogen (secondary N) is 2. The quantitative estimate of drug-likeness (QED) is 0.554. The molecule has 0 fully saturated rings. The van der Waals surface area contributed by atoms with Crippen molar-refractivity contribution in [3.8, 4) is 17.2 Å². The Morgan fingerprint density at radius 1 is 0.960 bits per heavy atom. The molecule has 5 nitrogen and oxygen atoms in total. The topological polar surface area (TPSA) is 51.8 Å². The summed E-state index contributed by atoms with van der Waals surface area (Å²) in [5.74, 6) is 2.29. The van der Waals surface area contributed by atoms with Crippen LogP contribution in [0.2, 0.25) is 0 Å². The number of thiocarbonyl (C=S) groups is 1. The number of hydrogen-bond donors (Lipinski definition) is 2. The lowest BCUT2D eigenvalue weighted by Gasteiger charge is -2.12. The summed E-state index contributed by atoms with van der Waals surface area (Å²) in [4.78, 5) is 0. The van der Waals surface area contributed by atoms with Crippen molar-refractivity contribution in [2.75, 3.05) is 33.2 Å². The van der Waals surface area contributed by atoms with Crippen LogP contribution in [0.3, 0.4) is 0 Å². The fraction of sp³-hybridized carbons (Fsp3) is 0.316. The Morgan fingerprint density at radius 2 is 1.76 bits per heavy atom. The van der Waals surface area contributed by atoms with Crippen LogP contribution < -0.4 is 24.8 Å². The molecule has 0 bridgehead atoms. The van der Waals surface area contributed by atoms with Gasteiger partial charge in [-0.1, -0.05) is 12.1 Å². The number of aryl methyl sites for hydroxylation is 1. The first kappa shape index (κ1) is 18.9. The highest BCUT2D eigenvalue weighted by Crippen LogP contribution is 2.27. The minimum absolute atomic E-state index is 0.598. The van der Waals surface area contributed by atoms with Crippen LogP contribution in [0.4, 0.5) is 5.69 Å². The van der Waals surface area contributed by atoms with Crippen LogP contribution in [-0.2, 0) is 6.42 Å². The van der Waals surface area contributed by atoms with Crippen molar-refractivity contribution in [2.45, 2.75) is 12.8 Å². The average molecular weight is 360 g/mol. The van der Waals surface area contributed by atoms with E-state index in [4.69, 9.17) is 26.4 Å². The normalized spacial score (nSPS) is 10.0. The molecule has 0 aromatic heterocycles. The molecular formula is C19H24N2O3S. The van der Waals surface area contributed by atoms with E-state index in [1.54, 1.807) is 21.3 Å². The highest BCUT2D eigenvalue weighted by Gasteiger charge is 2.04. The second-order valence-electron chi connectivity index (χ2n) is 5.41. The van der Waals surface area contributed by atoms with Gasteiger partial charge in [-0.15, -0.1) is 0 Å². The van der Waals surface area contributed by atoms with E-state index in [0.29, 0.717) is 5.11 Å². The summed E-state index contributed by atoms with van der Waals surface area (Å²) in [7, 11) is 4.92. The molecule has 2 rings (SSSR count). The lowest BCUT2D eigenvalue weighted by atomic mass is 10.1. The van der Waals surface area contributed by atoms with Crippen molar-refractivity contribution in [3.63, 3.8) is 0 Å². The Balaban J connectivity index is 1.76. The lowest BCUT2D eigenvalue weighted by Crippen LogP contribution is -2.29. The molecule has 0 atom stereocenters. The molecule has 0 spiro atoms. The molecule has 0 aliphatic carbocycles. The number of hydrogen-bond acceptors (Lipinski definition) is 4. The summed E-state index contributed by atoms with van der Waals surface area (Å²) in [5.41, 5.74) is 2.10. The number of anilines is 1. The Labute approximate surface area is 154 Å². The van der Waals surface area contributed by atoms with Gasteiger partial charge in [0.1, 0.15) is 5.75 Å². The van der Waals surface area contributed by atoms with E-state index >= 15 is 0 Å². The minimum Gasteiger partial charge on any atom is -0.497 e. The monoisotopic (exact) mass is 360 g/mol. The molecule has 2 aromatic carbocycles. The minimum atomic E-state index is 0.598. The van der Waals surface area contributed by atoms with Gasteiger partial charge in [0.15, 0.2) is 16.6 Å². The zero-order valence-corrected chi connectivity index (χ0v) is 15.6. The van der Waals surface area contributed by atoms with Crippen LogP contribution in [0.15, 0.2) is 42.5 Å². The molecule has 0 aliphatic rings. The Hall–Kier alpha value is -2.47. The van der Waals surface area contributed by atoms with E-state index in [1.807, 2.05) is 42.5 Å². The van der Waals surface area contributed by atoms with Gasteiger partial charge in [0.05, 0.1) is 21.3 Å². The number of ether oxygens (including phenoxy) is 3. The molecule has 2 N–H and O–H groups in total. The zero-order valence-electron chi connectivity index (χ0n) is 14.8. The fourth-order valence-corrected chi connectivity index (χ4v) is 2.63. The van der Waals surface area contributed by atoms with Gasteiger partial charge in [0.2, 0.25) is 0 Å². The summed E-state index contributed by atoms with van der Waals surface area (Å²) in [6, 6.07) is 13.6. The number of rotatable bonds is 8. The van der Waals surface area contributed by atoms with Crippen molar-refractivity contribution in [1.29, 1.82) is 0 Å². The maximum Gasteiger partial charge on any atom is 0.170 e. The molecule has 0 unspecified atom stereocenters. The van der Waals surface area contributed by atoms with Gasteiger partial charge in [0.25, 0.3) is 0 Å². The number of methoxy groups -OCH3 is 3. The molecule has 2 aromatic rings. The van der Waals surface area contributed by atoms with Crippen LogP contribution >= 0.6 is 12.2 Å². The van der Waals surface area contributed by atoms with Crippen LogP contribution in [0.1, 0.15) is 12.0 Å². The van der Waals surface area contributed by atoms with Gasteiger partial charge >= 0.3 is 0 Å². The predicted octanol–water partition coefficient (Wildman–Crippen LogP) is 3.63. The largest absolute Gasteiger partial charge is 0.497 e. The van der Waals surface area contributed by atoms with Gasteiger partial charge in [0, 0.05) is 18.3 Å². The fourth-order valence-electron chi connectivity index (χ4n) is 2.41. The summed E-state index contributed by atoms with van der Waals surface area (Å²) in [6.45, 7) is 0.782. The molecular weight excluding hydrogens is 336 g/mol. The molecule has 0 radical (unpaired) electrons. The van der Waals surface area contributed by atoms with Crippen LogP contribution in [0, 0.1) is 0 Å². The van der Waals surface area contributed by atoms with E-state index in [9.17, 15) is 0 Å². The van der Waals surface area contributed by atoms with Crippen molar-refractivity contribution in [2.24, 2.45) is 0 Å². The first-order valence-corrected chi connectivity index (χ1v) is 8.47. The summed E-state index contributed by atoms with van der Waals surface area (Å²) in [6.07, 6.45) is 1.88. The second-order valence-corrected chi connectivity index (χ2v) is 5.81. The standard InChI is InChI=1S/C19H24N2O3S/c1-22-16-8-4-7-15(13-16)21-19(25)20-11-5-6-14-9-10-17(23-2)18(12-14)24-3/h4,7-10,12-13H,5-6,11H2,1-3H3,(H2,20,21,25). The first-order valence-electron chi connectivity index (χ1n) is 8.06. The SMILES string of the molecule is COc1cccc(NC(=S)NCCCc2ccc(OC)c(OC)c2)c1. The summed E-state index contributed by atoms with van der Waals surface area (Å²) < 4.78 is 15.8. The summed E-state index contributed by atoms with van der Waals surface area (Å²) >= 11 is 5.32. The van der Waals surface area contributed by atoms with Crippen LogP contribution in [0.25, 0.3) is 0 Å². The second kappa shape index (κ2) is 9.74. The van der Waals surface area contributed by atoms with Gasteiger partial charge in [-0.25, -0.2) is 0 Å². The Bertz CT molecular complexity index is 707. The van der Waals surface area contributed by atoms with Crippen molar-refractivity contribution in [3.05, 3.63) is 48.0 Å². The Morgan fingerprint density at radius 3 is 2.48 bits per heavy atom. The third-order valence-electron chi connectivity index (χ3n) is 3.70. The van der Waals surface area contributed by atoms with Gasteiger partial charge < -0.3 is 24.8 Å². The average Bonchev–Trinajstić information content (AvgIpc) is 2.65. The highest BCUT2D eigenvalue weighted by molar-refractivity contribution is 7.80. The number of benzene rings is 2. The third-order valence-corrected chi connectivity index (χ3v) is 3.95. The first-order chi connectivity index (χ1) is 12.2. The third kappa shape index (κ3) is 5.83. The molecule has 0 heterocycles. The van der Waals surface area contributed by atoms with Gasteiger partial charge in [-0.05, 0) is 54.9 Å². The molecule has 6 heteroatoms.